The van der Waals surface area contributed by atoms with Crippen molar-refractivity contribution >= 4 is 25.8 Å². The van der Waals surface area contributed by atoms with Gasteiger partial charge in [0.2, 0.25) is 0 Å². The van der Waals surface area contributed by atoms with Crippen LogP contribution in [-0.4, -0.2) is 32.8 Å². The molecule has 1 aromatic rings. The first kappa shape index (κ1) is 14.4. The second-order valence-electron chi connectivity index (χ2n) is 3.14. The van der Waals surface area contributed by atoms with Gasteiger partial charge in [0, 0.05) is 19.2 Å². The lowest BCUT2D eigenvalue weighted by molar-refractivity contribution is -0.118. The fourth-order valence-corrected chi connectivity index (χ4v) is 2.08. The molecule has 0 atom stereocenters. The molecule has 0 heterocycles. The van der Waals surface area contributed by atoms with Crippen LogP contribution in [0.2, 0.25) is 5.02 Å². The Bertz CT molecular complexity index is 368. The monoisotopic (exact) mass is 276 g/mol. The molecule has 0 saturated heterocycles. The minimum atomic E-state index is -1.14. The van der Waals surface area contributed by atoms with Gasteiger partial charge in [-0.2, -0.15) is 0 Å². The highest BCUT2D eigenvalue weighted by molar-refractivity contribution is 7.48. The van der Waals surface area contributed by atoms with Crippen molar-refractivity contribution < 1.29 is 18.6 Å². The van der Waals surface area contributed by atoms with E-state index in [0.717, 1.165) is 0 Å². The maximum Gasteiger partial charge on any atom is 0.179 e. The zero-order valence-electron chi connectivity index (χ0n) is 9.68. The van der Waals surface area contributed by atoms with Crippen molar-refractivity contribution in [3.8, 4) is 5.75 Å². The Morgan fingerprint density at radius 2 is 2.06 bits per heavy atom. The fourth-order valence-electron chi connectivity index (χ4n) is 1.11. The molecule has 17 heavy (non-hydrogen) atoms. The lowest BCUT2D eigenvalue weighted by atomic mass is 10.3. The maximum atomic E-state index is 11.5. The Balaban J connectivity index is 2.38. The van der Waals surface area contributed by atoms with Crippen LogP contribution in [0.5, 0.6) is 5.75 Å². The quantitative estimate of drug-likeness (QED) is 0.718. The Kier molecular flexibility index (Phi) is 6.45. The Hall–Kier alpha value is -0.670. The van der Waals surface area contributed by atoms with Crippen molar-refractivity contribution in [2.75, 3.05) is 27.0 Å². The van der Waals surface area contributed by atoms with Gasteiger partial charge in [0.05, 0.1) is 6.16 Å². The van der Waals surface area contributed by atoms with Crippen molar-refractivity contribution in [3.63, 3.8) is 0 Å². The second kappa shape index (κ2) is 7.62. The van der Waals surface area contributed by atoms with Crippen LogP contribution in [0, 0.1) is 0 Å². The van der Waals surface area contributed by atoms with Crippen molar-refractivity contribution in [2.45, 2.75) is 0 Å². The van der Waals surface area contributed by atoms with Gasteiger partial charge in [-0.05, 0) is 18.2 Å². The number of carbonyl (C=O) groups is 1. The number of benzene rings is 1. The average Bonchev–Trinajstić information content (AvgIpc) is 2.33. The lowest BCUT2D eigenvalue weighted by Crippen LogP contribution is -2.15. The summed E-state index contributed by atoms with van der Waals surface area (Å²) in [5.41, 5.74) is 0. The van der Waals surface area contributed by atoms with Gasteiger partial charge in [-0.25, -0.2) is 0 Å². The fraction of sp³-hybridized carbons (Fsp3) is 0.364. The number of ether oxygens (including phenoxy) is 1. The summed E-state index contributed by atoms with van der Waals surface area (Å²) in [6.45, 7) is -0.00804. The Morgan fingerprint density at radius 3 is 2.65 bits per heavy atom. The van der Waals surface area contributed by atoms with Crippen molar-refractivity contribution in [3.05, 3.63) is 29.3 Å². The number of hydrogen-bond acceptors (Lipinski definition) is 4. The molecule has 0 saturated carbocycles. The zero-order chi connectivity index (χ0) is 12.7. The molecule has 1 rings (SSSR count). The van der Waals surface area contributed by atoms with E-state index in [-0.39, 0.29) is 18.6 Å². The van der Waals surface area contributed by atoms with Crippen LogP contribution < -0.4 is 4.74 Å². The topological polar surface area (TPSA) is 44.8 Å². The van der Waals surface area contributed by atoms with Crippen LogP contribution >= 0.6 is 20.0 Å². The molecule has 0 unspecified atom stereocenters. The van der Waals surface area contributed by atoms with Crippen molar-refractivity contribution in [1.82, 2.24) is 0 Å². The molecule has 0 amide bonds. The van der Waals surface area contributed by atoms with Gasteiger partial charge in [0.15, 0.2) is 14.2 Å². The highest BCUT2D eigenvalue weighted by atomic mass is 35.5. The van der Waals surface area contributed by atoms with E-state index in [1.54, 1.807) is 24.3 Å². The standard InChI is InChI=1S/C11H14ClO4P/c1-14-17(15-2)8-10(13)7-16-11-5-3-4-9(12)6-11/h3-6H,7-8H2,1-2H3. The van der Waals surface area contributed by atoms with E-state index in [2.05, 4.69) is 0 Å². The van der Waals surface area contributed by atoms with Crippen LogP contribution in [-0.2, 0) is 13.8 Å². The number of halogens is 1. The van der Waals surface area contributed by atoms with Gasteiger partial charge in [0.1, 0.15) is 12.4 Å². The van der Waals surface area contributed by atoms with Crippen LogP contribution in [0.4, 0.5) is 0 Å². The van der Waals surface area contributed by atoms with Gasteiger partial charge in [-0.15, -0.1) is 0 Å². The van der Waals surface area contributed by atoms with Crippen molar-refractivity contribution in [1.29, 1.82) is 0 Å². The summed E-state index contributed by atoms with van der Waals surface area (Å²) in [5.74, 6) is 0.504. The SMILES string of the molecule is COP(CC(=O)COc1cccc(Cl)c1)OC. The van der Waals surface area contributed by atoms with E-state index >= 15 is 0 Å². The minimum absolute atomic E-state index is 0.00804. The van der Waals surface area contributed by atoms with Gasteiger partial charge < -0.3 is 13.8 Å². The summed E-state index contributed by atoms with van der Waals surface area (Å²) in [6, 6.07) is 6.91. The third-order valence-electron chi connectivity index (χ3n) is 1.91. The third kappa shape index (κ3) is 5.46. The molecule has 0 spiro atoms. The van der Waals surface area contributed by atoms with Crippen LogP contribution in [0.1, 0.15) is 0 Å². The summed E-state index contributed by atoms with van der Waals surface area (Å²) in [4.78, 5) is 11.5. The van der Waals surface area contributed by atoms with Crippen molar-refractivity contribution in [2.24, 2.45) is 0 Å². The first-order chi connectivity index (χ1) is 8.15. The Labute approximate surface area is 107 Å². The first-order valence-corrected chi connectivity index (χ1v) is 6.65. The van der Waals surface area contributed by atoms with E-state index in [1.807, 2.05) is 0 Å². The van der Waals surface area contributed by atoms with Gasteiger partial charge in [0.25, 0.3) is 0 Å². The summed E-state index contributed by atoms with van der Waals surface area (Å²) >= 11 is 5.79. The summed E-state index contributed by atoms with van der Waals surface area (Å²) in [5, 5.41) is 0.575. The van der Waals surface area contributed by atoms with Crippen LogP contribution in [0.25, 0.3) is 0 Å². The normalized spacial score (nSPS) is 10.6. The number of carbonyl (C=O) groups excluding carboxylic acids is 1. The van der Waals surface area contributed by atoms with Gasteiger partial charge in [-0.1, -0.05) is 17.7 Å². The predicted molar refractivity (Wildman–Crippen MR) is 67.8 cm³/mol. The maximum absolute atomic E-state index is 11.5. The molecule has 0 radical (unpaired) electrons. The molecular weight excluding hydrogens is 263 g/mol. The van der Waals surface area contributed by atoms with E-state index < -0.39 is 8.38 Å². The molecule has 0 aliphatic rings. The van der Waals surface area contributed by atoms with E-state index in [9.17, 15) is 4.79 Å². The molecule has 94 valence electrons. The number of ketones is 1. The lowest BCUT2D eigenvalue weighted by Gasteiger charge is -2.11. The van der Waals surface area contributed by atoms with Crippen LogP contribution in [0.3, 0.4) is 0 Å². The molecule has 0 aromatic heterocycles. The highest BCUT2D eigenvalue weighted by Crippen LogP contribution is 2.35. The van der Waals surface area contributed by atoms with E-state index in [0.29, 0.717) is 10.8 Å². The van der Waals surface area contributed by atoms with E-state index in [1.165, 1.54) is 14.2 Å². The summed E-state index contributed by atoms with van der Waals surface area (Å²) in [7, 11) is 1.89. The largest absolute Gasteiger partial charge is 0.486 e. The third-order valence-corrected chi connectivity index (χ3v) is 3.57. The number of hydrogen-bond donors (Lipinski definition) is 0. The summed E-state index contributed by atoms with van der Waals surface area (Å²) in [6.07, 6.45) is 0.225. The molecule has 1 aromatic carbocycles. The first-order valence-electron chi connectivity index (χ1n) is 4.91. The summed E-state index contributed by atoms with van der Waals surface area (Å²) < 4.78 is 15.3. The molecule has 0 aliphatic carbocycles. The zero-order valence-corrected chi connectivity index (χ0v) is 11.3. The van der Waals surface area contributed by atoms with Gasteiger partial charge in [-0.3, -0.25) is 4.79 Å². The number of rotatable bonds is 7. The minimum Gasteiger partial charge on any atom is -0.486 e. The predicted octanol–water partition coefficient (Wildman–Crippen LogP) is 2.89. The molecule has 0 N–H and O–H groups in total. The highest BCUT2D eigenvalue weighted by Gasteiger charge is 2.13. The molecule has 6 heteroatoms. The molecular formula is C11H14ClO4P. The van der Waals surface area contributed by atoms with Gasteiger partial charge >= 0.3 is 0 Å². The van der Waals surface area contributed by atoms with Crippen LogP contribution in [0.15, 0.2) is 24.3 Å². The molecule has 0 bridgehead atoms. The van der Waals surface area contributed by atoms with E-state index in [4.69, 9.17) is 25.4 Å². The average molecular weight is 277 g/mol. The number of Topliss-reactive ketones (excluding diaryl/α,β-unsaturated/α-hetero) is 1. The Morgan fingerprint density at radius 1 is 1.35 bits per heavy atom. The smallest absolute Gasteiger partial charge is 0.179 e. The molecule has 0 aliphatic heterocycles. The molecule has 0 fully saturated rings. The second-order valence-corrected chi connectivity index (χ2v) is 5.29. The molecule has 4 nitrogen and oxygen atoms in total.